The highest BCUT2D eigenvalue weighted by Gasteiger charge is 2.18. The van der Waals surface area contributed by atoms with Crippen LogP contribution in [0.25, 0.3) is 11.3 Å². The molecule has 0 amide bonds. The van der Waals surface area contributed by atoms with Gasteiger partial charge in [0.15, 0.2) is 17.2 Å². The van der Waals surface area contributed by atoms with Crippen molar-refractivity contribution in [3.63, 3.8) is 0 Å². The molecule has 1 aromatic heterocycles. The maximum Gasteiger partial charge on any atom is 0.356 e. The van der Waals surface area contributed by atoms with Gasteiger partial charge in [-0.1, -0.05) is 0 Å². The Balaban J connectivity index is 2.61. The van der Waals surface area contributed by atoms with Crippen LogP contribution in [0.15, 0.2) is 22.7 Å². The van der Waals surface area contributed by atoms with E-state index in [1.807, 2.05) is 6.07 Å². The van der Waals surface area contributed by atoms with Gasteiger partial charge in [0.05, 0.1) is 24.4 Å². The quantitative estimate of drug-likeness (QED) is 0.925. The third-order valence-corrected chi connectivity index (χ3v) is 3.65. The van der Waals surface area contributed by atoms with Crippen molar-refractivity contribution in [2.75, 3.05) is 14.2 Å². The number of methoxy groups -OCH3 is 2. The number of ether oxygens (including phenoxy) is 2. The molecule has 2 rings (SSSR count). The van der Waals surface area contributed by atoms with Crippen LogP contribution in [0.3, 0.4) is 0 Å². The van der Waals surface area contributed by atoms with Gasteiger partial charge < -0.3 is 14.6 Å². The fourth-order valence-corrected chi connectivity index (χ4v) is 2.60. The molecule has 0 fully saturated rings. The van der Waals surface area contributed by atoms with Crippen LogP contribution in [0.1, 0.15) is 10.5 Å². The van der Waals surface area contributed by atoms with E-state index in [9.17, 15) is 4.79 Å². The summed E-state index contributed by atoms with van der Waals surface area (Å²) in [6, 6.07) is 5.08. The highest BCUT2D eigenvalue weighted by molar-refractivity contribution is 9.10. The van der Waals surface area contributed by atoms with Gasteiger partial charge >= 0.3 is 5.97 Å². The zero-order valence-electron chi connectivity index (χ0n) is 11.2. The third kappa shape index (κ3) is 2.36. The van der Waals surface area contributed by atoms with Gasteiger partial charge in [0.1, 0.15) is 0 Å². The molecule has 0 aliphatic carbocycles. The molecule has 0 bridgehead atoms. The Morgan fingerprint density at radius 3 is 2.55 bits per heavy atom. The third-order valence-electron chi connectivity index (χ3n) is 2.86. The molecule has 20 heavy (non-hydrogen) atoms. The molecule has 2 aromatic rings. The number of benzene rings is 1. The molecular weight excluding hydrogens is 328 g/mol. The minimum atomic E-state index is -1.07. The second-order valence-corrected chi connectivity index (χ2v) is 4.80. The molecule has 0 aliphatic heterocycles. The van der Waals surface area contributed by atoms with Gasteiger partial charge in [0.25, 0.3) is 0 Å². The molecule has 0 aliphatic rings. The molecule has 0 atom stereocenters. The molecular formula is C13H13BrN2O4. The van der Waals surface area contributed by atoms with Crippen LogP contribution in [0.4, 0.5) is 0 Å². The molecule has 0 spiro atoms. The van der Waals surface area contributed by atoms with Crippen LogP contribution in [0.5, 0.6) is 11.5 Å². The largest absolute Gasteiger partial charge is 0.493 e. The van der Waals surface area contributed by atoms with Gasteiger partial charge in [0, 0.05) is 12.6 Å². The lowest BCUT2D eigenvalue weighted by Crippen LogP contribution is -1.99. The Labute approximate surface area is 124 Å². The lowest BCUT2D eigenvalue weighted by molar-refractivity contribution is 0.0689. The first-order chi connectivity index (χ1) is 9.49. The number of carboxylic acids is 1. The smallest absolute Gasteiger partial charge is 0.356 e. The highest BCUT2D eigenvalue weighted by Crippen LogP contribution is 2.41. The first-order valence-corrected chi connectivity index (χ1v) is 6.47. The standard InChI is InChI=1S/C13H13BrN2O4/c1-16-9(6-8(15-16)13(17)18)7-4-5-10(19-2)12(20-3)11(7)14/h4-6H,1-3H3,(H,17,18). The van der Waals surface area contributed by atoms with Gasteiger partial charge in [-0.3, -0.25) is 4.68 Å². The second-order valence-electron chi connectivity index (χ2n) is 4.01. The van der Waals surface area contributed by atoms with Crippen LogP contribution in [-0.2, 0) is 7.05 Å². The summed E-state index contributed by atoms with van der Waals surface area (Å²) in [5.74, 6) is 0.0651. The Hall–Kier alpha value is -2.02. The molecule has 0 saturated heterocycles. The summed E-state index contributed by atoms with van der Waals surface area (Å²) >= 11 is 3.46. The van der Waals surface area contributed by atoms with E-state index in [1.165, 1.54) is 17.9 Å². The van der Waals surface area contributed by atoms with Crippen molar-refractivity contribution in [2.24, 2.45) is 7.05 Å². The number of carboxylic acid groups (broad SMARTS) is 1. The van der Waals surface area contributed by atoms with E-state index in [0.717, 1.165) is 5.56 Å². The van der Waals surface area contributed by atoms with Crippen molar-refractivity contribution < 1.29 is 19.4 Å². The minimum absolute atomic E-state index is 0.0100. The summed E-state index contributed by atoms with van der Waals surface area (Å²) in [4.78, 5) is 11.0. The topological polar surface area (TPSA) is 73.6 Å². The van der Waals surface area contributed by atoms with E-state index in [4.69, 9.17) is 14.6 Å². The summed E-state index contributed by atoms with van der Waals surface area (Å²) < 4.78 is 12.7. The van der Waals surface area contributed by atoms with Crippen LogP contribution >= 0.6 is 15.9 Å². The number of hydrogen-bond acceptors (Lipinski definition) is 4. The first kappa shape index (κ1) is 14.4. The molecule has 106 valence electrons. The van der Waals surface area contributed by atoms with Crippen molar-refractivity contribution in [1.29, 1.82) is 0 Å². The van der Waals surface area contributed by atoms with Crippen molar-refractivity contribution >= 4 is 21.9 Å². The second kappa shape index (κ2) is 5.54. The van der Waals surface area contributed by atoms with Crippen LogP contribution < -0.4 is 9.47 Å². The monoisotopic (exact) mass is 340 g/mol. The van der Waals surface area contributed by atoms with Gasteiger partial charge in [-0.15, -0.1) is 0 Å². The number of hydrogen-bond donors (Lipinski definition) is 1. The van der Waals surface area contributed by atoms with E-state index in [-0.39, 0.29) is 5.69 Å². The lowest BCUT2D eigenvalue weighted by Gasteiger charge is -2.13. The number of nitrogens with zero attached hydrogens (tertiary/aromatic N) is 2. The molecule has 0 radical (unpaired) electrons. The van der Waals surface area contributed by atoms with Gasteiger partial charge in [-0.2, -0.15) is 5.10 Å². The molecule has 1 N–H and O–H groups in total. The molecule has 6 nitrogen and oxygen atoms in total. The summed E-state index contributed by atoms with van der Waals surface area (Å²) in [6.45, 7) is 0. The SMILES string of the molecule is COc1ccc(-c2cc(C(=O)O)nn2C)c(Br)c1OC. The summed E-state index contributed by atoms with van der Waals surface area (Å²) in [7, 11) is 4.78. The van der Waals surface area contributed by atoms with Crippen molar-refractivity contribution in [3.05, 3.63) is 28.4 Å². The first-order valence-electron chi connectivity index (χ1n) is 5.67. The van der Waals surface area contributed by atoms with E-state index in [2.05, 4.69) is 21.0 Å². The number of halogens is 1. The van der Waals surface area contributed by atoms with Crippen molar-refractivity contribution in [1.82, 2.24) is 9.78 Å². The number of aryl methyl sites for hydroxylation is 1. The zero-order valence-corrected chi connectivity index (χ0v) is 12.8. The zero-order chi connectivity index (χ0) is 14.9. The van der Waals surface area contributed by atoms with Crippen LogP contribution in [0, 0.1) is 0 Å². The maximum atomic E-state index is 11.0. The van der Waals surface area contributed by atoms with E-state index in [0.29, 0.717) is 21.7 Å². The fourth-order valence-electron chi connectivity index (χ4n) is 1.91. The van der Waals surface area contributed by atoms with Gasteiger partial charge in [0.2, 0.25) is 0 Å². The highest BCUT2D eigenvalue weighted by atomic mass is 79.9. The van der Waals surface area contributed by atoms with E-state index >= 15 is 0 Å². The number of aromatic nitrogens is 2. The summed E-state index contributed by atoms with van der Waals surface area (Å²) in [6.07, 6.45) is 0. The lowest BCUT2D eigenvalue weighted by atomic mass is 10.1. The average molecular weight is 341 g/mol. The minimum Gasteiger partial charge on any atom is -0.493 e. The summed E-state index contributed by atoms with van der Waals surface area (Å²) in [5, 5.41) is 12.9. The Kier molecular flexibility index (Phi) is 3.99. The van der Waals surface area contributed by atoms with Crippen molar-refractivity contribution in [3.8, 4) is 22.8 Å². The number of carbonyl (C=O) groups is 1. The molecule has 1 heterocycles. The molecule has 0 saturated carbocycles. The van der Waals surface area contributed by atoms with Crippen LogP contribution in [-0.4, -0.2) is 35.1 Å². The van der Waals surface area contributed by atoms with Gasteiger partial charge in [-0.25, -0.2) is 4.79 Å². The maximum absolute atomic E-state index is 11.0. The molecule has 7 heteroatoms. The molecule has 0 unspecified atom stereocenters. The Morgan fingerprint density at radius 2 is 2.05 bits per heavy atom. The Morgan fingerprint density at radius 1 is 1.35 bits per heavy atom. The van der Waals surface area contributed by atoms with E-state index in [1.54, 1.807) is 20.2 Å². The predicted molar refractivity (Wildman–Crippen MR) is 76.4 cm³/mol. The Bertz CT molecular complexity index is 667. The predicted octanol–water partition coefficient (Wildman–Crippen LogP) is 2.57. The fraction of sp³-hybridized carbons (Fsp3) is 0.231. The van der Waals surface area contributed by atoms with E-state index < -0.39 is 5.97 Å². The van der Waals surface area contributed by atoms with Crippen LogP contribution in [0.2, 0.25) is 0 Å². The van der Waals surface area contributed by atoms with Gasteiger partial charge in [-0.05, 0) is 34.1 Å². The average Bonchev–Trinajstić information content (AvgIpc) is 2.80. The number of rotatable bonds is 4. The number of aromatic carboxylic acids is 1. The summed E-state index contributed by atoms with van der Waals surface area (Å²) in [5.41, 5.74) is 1.42. The molecule has 1 aromatic carbocycles. The van der Waals surface area contributed by atoms with Crippen molar-refractivity contribution in [2.45, 2.75) is 0 Å². The normalized spacial score (nSPS) is 10.4.